The maximum absolute atomic E-state index is 10.9. The molecule has 2 atom stereocenters. The Bertz CT molecular complexity index is 226. The Morgan fingerprint density at radius 2 is 1.36 bits per heavy atom. The zero-order chi connectivity index (χ0) is 9.97. The van der Waals surface area contributed by atoms with E-state index in [4.69, 9.17) is 9.47 Å². The maximum Gasteiger partial charge on any atom is 0.518 e. The highest BCUT2D eigenvalue weighted by atomic mass is 16.8. The second-order valence-electron chi connectivity index (χ2n) is 3.55. The zero-order valence-corrected chi connectivity index (χ0v) is 7.73. The molecule has 0 bridgehead atoms. The van der Waals surface area contributed by atoms with E-state index in [2.05, 4.69) is 4.74 Å². The third kappa shape index (κ3) is 1.97. The minimum Gasteiger partial charge on any atom is -0.427 e. The van der Waals surface area contributed by atoms with Crippen LogP contribution in [0, 0.1) is 0 Å². The van der Waals surface area contributed by atoms with Crippen molar-refractivity contribution in [3.8, 4) is 0 Å². The number of cyclic esters (lactones) is 2. The molecule has 2 fully saturated rings. The second-order valence-corrected chi connectivity index (χ2v) is 3.55. The Morgan fingerprint density at radius 3 is 1.86 bits per heavy atom. The average Bonchev–Trinajstić information content (AvgIpc) is 2.36. The number of rotatable bonds is 0. The van der Waals surface area contributed by atoms with Crippen LogP contribution in [0.2, 0.25) is 0 Å². The highest BCUT2D eigenvalue weighted by Gasteiger charge is 2.35. The first-order chi connectivity index (χ1) is 6.75. The third-order valence-electron chi connectivity index (χ3n) is 2.55. The molecule has 2 rings (SSSR count). The quantitative estimate of drug-likeness (QED) is 0.442. The lowest BCUT2D eigenvalue weighted by Gasteiger charge is -2.18. The van der Waals surface area contributed by atoms with E-state index in [-0.39, 0.29) is 12.2 Å². The third-order valence-corrected chi connectivity index (χ3v) is 2.55. The molecule has 1 saturated carbocycles. The highest BCUT2D eigenvalue weighted by Crippen LogP contribution is 2.25. The summed E-state index contributed by atoms with van der Waals surface area (Å²) in [5.41, 5.74) is 0. The van der Waals surface area contributed by atoms with E-state index < -0.39 is 12.3 Å². The molecule has 0 unspecified atom stereocenters. The van der Waals surface area contributed by atoms with E-state index in [9.17, 15) is 9.59 Å². The Labute approximate surface area is 81.3 Å². The number of ether oxygens (including phenoxy) is 3. The van der Waals surface area contributed by atoms with Gasteiger partial charge in [-0.25, -0.2) is 9.59 Å². The minimum atomic E-state index is -0.940. The summed E-state index contributed by atoms with van der Waals surface area (Å²) in [6.07, 6.45) is 2.03. The molecule has 0 amide bonds. The lowest BCUT2D eigenvalue weighted by atomic mass is 10.1. The fourth-order valence-electron chi connectivity index (χ4n) is 1.87. The standard InChI is InChI=1S/C9H12O5/c10-8-12-6-4-2-1-3-5-7(6)13-9(11)14-8/h6-7H,1-5H2/t6-,7+. The van der Waals surface area contributed by atoms with E-state index in [0.717, 1.165) is 32.1 Å². The number of hydrogen-bond acceptors (Lipinski definition) is 5. The summed E-state index contributed by atoms with van der Waals surface area (Å²) < 4.78 is 14.1. The van der Waals surface area contributed by atoms with Gasteiger partial charge in [0, 0.05) is 0 Å². The zero-order valence-electron chi connectivity index (χ0n) is 7.73. The average molecular weight is 200 g/mol. The summed E-state index contributed by atoms with van der Waals surface area (Å²) in [6.45, 7) is 0. The summed E-state index contributed by atoms with van der Waals surface area (Å²) in [7, 11) is 0. The predicted molar refractivity (Wildman–Crippen MR) is 44.7 cm³/mol. The van der Waals surface area contributed by atoms with Crippen LogP contribution in [0.5, 0.6) is 0 Å². The van der Waals surface area contributed by atoms with Gasteiger partial charge in [-0.2, -0.15) is 0 Å². The van der Waals surface area contributed by atoms with Crippen LogP contribution in [-0.4, -0.2) is 24.5 Å². The molecule has 5 nitrogen and oxygen atoms in total. The molecule has 1 aliphatic heterocycles. The second kappa shape index (κ2) is 3.86. The fraction of sp³-hybridized carbons (Fsp3) is 0.778. The first-order valence-corrected chi connectivity index (χ1v) is 4.85. The first-order valence-electron chi connectivity index (χ1n) is 4.85. The smallest absolute Gasteiger partial charge is 0.427 e. The van der Waals surface area contributed by atoms with Gasteiger partial charge in [0.2, 0.25) is 0 Å². The molecule has 1 saturated heterocycles. The van der Waals surface area contributed by atoms with Gasteiger partial charge in [-0.3, -0.25) is 0 Å². The van der Waals surface area contributed by atoms with Gasteiger partial charge in [-0.1, -0.05) is 6.42 Å². The summed E-state index contributed by atoms with van der Waals surface area (Å²) in [4.78, 5) is 21.8. The summed E-state index contributed by atoms with van der Waals surface area (Å²) >= 11 is 0. The molecule has 2 aliphatic rings. The normalized spacial score (nSPS) is 32.9. The largest absolute Gasteiger partial charge is 0.518 e. The topological polar surface area (TPSA) is 61.8 Å². The van der Waals surface area contributed by atoms with Crippen LogP contribution in [0.4, 0.5) is 9.59 Å². The minimum absolute atomic E-state index is 0.323. The molecule has 0 radical (unpaired) electrons. The monoisotopic (exact) mass is 200 g/mol. The molecule has 1 aliphatic carbocycles. The van der Waals surface area contributed by atoms with E-state index >= 15 is 0 Å². The van der Waals surface area contributed by atoms with E-state index in [1.165, 1.54) is 0 Å². The van der Waals surface area contributed by atoms with Crippen molar-refractivity contribution in [1.29, 1.82) is 0 Å². The number of carbonyl (C=O) groups is 2. The van der Waals surface area contributed by atoms with E-state index in [1.807, 2.05) is 0 Å². The lowest BCUT2D eigenvalue weighted by molar-refractivity contribution is 0.0101. The molecule has 0 aromatic carbocycles. The van der Waals surface area contributed by atoms with Gasteiger partial charge in [0.1, 0.15) is 12.2 Å². The van der Waals surface area contributed by atoms with Gasteiger partial charge >= 0.3 is 12.3 Å². The van der Waals surface area contributed by atoms with Crippen molar-refractivity contribution in [1.82, 2.24) is 0 Å². The molecule has 5 heteroatoms. The van der Waals surface area contributed by atoms with Crippen LogP contribution in [0.1, 0.15) is 32.1 Å². The van der Waals surface area contributed by atoms with Crippen LogP contribution in [-0.2, 0) is 14.2 Å². The van der Waals surface area contributed by atoms with Crippen molar-refractivity contribution in [2.75, 3.05) is 0 Å². The number of fused-ring (bicyclic) bond motifs is 1. The Balaban J connectivity index is 2.10. The van der Waals surface area contributed by atoms with Crippen molar-refractivity contribution >= 4 is 12.3 Å². The molecule has 0 aromatic rings. The molecule has 0 aromatic heterocycles. The van der Waals surface area contributed by atoms with Crippen LogP contribution in [0.15, 0.2) is 0 Å². The van der Waals surface area contributed by atoms with Gasteiger partial charge in [0.15, 0.2) is 0 Å². The number of carbonyl (C=O) groups excluding carboxylic acids is 2. The predicted octanol–water partition coefficient (Wildman–Crippen LogP) is 1.99. The lowest BCUT2D eigenvalue weighted by Crippen LogP contribution is -2.29. The highest BCUT2D eigenvalue weighted by molar-refractivity contribution is 5.77. The molecule has 1 heterocycles. The van der Waals surface area contributed by atoms with Gasteiger partial charge in [0.05, 0.1) is 0 Å². The van der Waals surface area contributed by atoms with Gasteiger partial charge in [0.25, 0.3) is 0 Å². The van der Waals surface area contributed by atoms with Crippen LogP contribution in [0.25, 0.3) is 0 Å². The summed E-state index contributed by atoms with van der Waals surface area (Å²) in [5, 5.41) is 0. The first kappa shape index (κ1) is 9.30. The SMILES string of the molecule is O=C1OC(=O)O[C@@H]2CCCCC[C@@H]2O1. The Morgan fingerprint density at radius 1 is 0.857 bits per heavy atom. The van der Waals surface area contributed by atoms with Crippen molar-refractivity contribution in [3.63, 3.8) is 0 Å². The molecular weight excluding hydrogens is 188 g/mol. The molecule has 78 valence electrons. The van der Waals surface area contributed by atoms with Gasteiger partial charge < -0.3 is 14.2 Å². The van der Waals surface area contributed by atoms with Crippen LogP contribution < -0.4 is 0 Å². The Hall–Kier alpha value is -1.26. The van der Waals surface area contributed by atoms with E-state index in [1.54, 1.807) is 0 Å². The van der Waals surface area contributed by atoms with Gasteiger partial charge in [-0.05, 0) is 25.7 Å². The molecule has 0 spiro atoms. The summed E-state index contributed by atoms with van der Waals surface area (Å²) in [5.74, 6) is 0. The molecule has 0 N–H and O–H groups in total. The summed E-state index contributed by atoms with van der Waals surface area (Å²) in [6, 6.07) is 0. The number of hydrogen-bond donors (Lipinski definition) is 0. The maximum atomic E-state index is 10.9. The molecule has 14 heavy (non-hydrogen) atoms. The van der Waals surface area contributed by atoms with Crippen molar-refractivity contribution in [2.45, 2.75) is 44.3 Å². The van der Waals surface area contributed by atoms with E-state index in [0.29, 0.717) is 0 Å². The van der Waals surface area contributed by atoms with Crippen LogP contribution >= 0.6 is 0 Å². The Kier molecular flexibility index (Phi) is 2.56. The van der Waals surface area contributed by atoms with Gasteiger partial charge in [-0.15, -0.1) is 0 Å². The fourth-order valence-corrected chi connectivity index (χ4v) is 1.87. The van der Waals surface area contributed by atoms with Crippen molar-refractivity contribution in [3.05, 3.63) is 0 Å². The van der Waals surface area contributed by atoms with Crippen molar-refractivity contribution < 1.29 is 23.8 Å². The van der Waals surface area contributed by atoms with Crippen molar-refractivity contribution in [2.24, 2.45) is 0 Å². The van der Waals surface area contributed by atoms with Crippen LogP contribution in [0.3, 0.4) is 0 Å². The molecular formula is C9H12O5.